The lowest BCUT2D eigenvalue weighted by atomic mass is 10.1. The second-order valence-corrected chi connectivity index (χ2v) is 6.48. The lowest BCUT2D eigenvalue weighted by molar-refractivity contribution is 0.588. The first-order valence-corrected chi connectivity index (χ1v) is 7.83. The van der Waals surface area contributed by atoms with Gasteiger partial charge in [-0.1, -0.05) is 53.5 Å². The summed E-state index contributed by atoms with van der Waals surface area (Å²) < 4.78 is 2.97. The molecule has 0 unspecified atom stereocenters. The molecule has 0 aliphatic carbocycles. The Hall–Kier alpha value is -0.840. The highest BCUT2D eigenvalue weighted by Gasteiger charge is 2.06. The minimum absolute atomic E-state index is 0.489. The van der Waals surface area contributed by atoms with E-state index in [0.29, 0.717) is 17.6 Å². The Kier molecular flexibility index (Phi) is 5.24. The summed E-state index contributed by atoms with van der Waals surface area (Å²) in [6, 6.07) is 6.92. The Labute approximate surface area is 133 Å². The Morgan fingerprint density at radius 1 is 1.40 bits per heavy atom. The van der Waals surface area contributed by atoms with E-state index in [1.54, 1.807) is 0 Å². The van der Waals surface area contributed by atoms with Crippen molar-refractivity contribution in [2.75, 3.05) is 0 Å². The number of hydrogen-bond donors (Lipinski definition) is 1. The van der Waals surface area contributed by atoms with Crippen LogP contribution in [0.4, 0.5) is 0 Å². The molecule has 20 heavy (non-hydrogen) atoms. The largest absolute Gasteiger partial charge is 0.310 e. The monoisotopic (exact) mass is 355 g/mol. The summed E-state index contributed by atoms with van der Waals surface area (Å²) in [5.41, 5.74) is 3.32. The lowest BCUT2D eigenvalue weighted by Gasteiger charge is -2.10. The fourth-order valence-electron chi connectivity index (χ4n) is 1.90. The van der Waals surface area contributed by atoms with E-state index in [4.69, 9.17) is 11.6 Å². The summed E-state index contributed by atoms with van der Waals surface area (Å²) in [5.74, 6) is 0. The van der Waals surface area contributed by atoms with E-state index >= 15 is 0 Å². The highest BCUT2D eigenvalue weighted by atomic mass is 79.9. The number of rotatable bonds is 5. The Bertz CT molecular complexity index is 573. The van der Waals surface area contributed by atoms with Gasteiger partial charge in [-0.15, -0.1) is 0 Å². The van der Waals surface area contributed by atoms with Crippen LogP contribution >= 0.6 is 27.5 Å². The molecule has 0 saturated carbocycles. The molecule has 1 aromatic heterocycles. The first-order chi connectivity index (χ1) is 9.45. The van der Waals surface area contributed by atoms with Crippen LogP contribution in [-0.4, -0.2) is 15.8 Å². The Morgan fingerprint density at radius 2 is 2.15 bits per heavy atom. The van der Waals surface area contributed by atoms with Gasteiger partial charge in [-0.25, -0.2) is 0 Å². The van der Waals surface area contributed by atoms with E-state index in [9.17, 15) is 0 Å². The van der Waals surface area contributed by atoms with E-state index in [1.807, 2.05) is 17.8 Å². The van der Waals surface area contributed by atoms with Crippen LogP contribution in [0.15, 0.2) is 28.9 Å². The zero-order chi connectivity index (χ0) is 14.7. The number of nitrogens with zero attached hydrogens (tertiary/aromatic N) is 2. The molecule has 0 atom stereocenters. The molecule has 0 radical (unpaired) electrons. The fraction of sp³-hybridized carbons (Fsp3) is 0.400. The predicted octanol–water partition coefficient (Wildman–Crippen LogP) is 4.15. The average molecular weight is 357 g/mol. The first kappa shape index (κ1) is 15.5. The highest BCUT2D eigenvalue weighted by Crippen LogP contribution is 2.21. The molecular formula is C15H19BrClN3. The van der Waals surface area contributed by atoms with Crippen molar-refractivity contribution < 1.29 is 0 Å². The second-order valence-electron chi connectivity index (χ2n) is 5.22. The van der Waals surface area contributed by atoms with E-state index in [0.717, 1.165) is 16.7 Å². The van der Waals surface area contributed by atoms with E-state index in [1.165, 1.54) is 11.1 Å². The molecule has 3 nitrogen and oxygen atoms in total. The van der Waals surface area contributed by atoms with Crippen LogP contribution in [0.5, 0.6) is 0 Å². The molecule has 0 aliphatic heterocycles. The number of aryl methyl sites for hydroxylation is 1. The van der Waals surface area contributed by atoms with Crippen LogP contribution in [0.25, 0.3) is 0 Å². The van der Waals surface area contributed by atoms with Crippen molar-refractivity contribution in [3.05, 3.63) is 50.7 Å². The van der Waals surface area contributed by atoms with Crippen LogP contribution in [0.1, 0.15) is 30.7 Å². The predicted molar refractivity (Wildman–Crippen MR) is 87.2 cm³/mol. The van der Waals surface area contributed by atoms with Gasteiger partial charge in [-0.05, 0) is 24.1 Å². The molecule has 2 rings (SSSR count). The van der Waals surface area contributed by atoms with Crippen molar-refractivity contribution in [1.29, 1.82) is 0 Å². The standard InChI is InChI=1S/C15H19BrClN3/c1-10(2)18-7-12-4-5-13(14(16)6-12)8-20-9-15(17)11(3)19-20/h4-6,9-10,18H,7-8H2,1-3H3. The van der Waals surface area contributed by atoms with Crippen LogP contribution in [0.3, 0.4) is 0 Å². The van der Waals surface area contributed by atoms with Crippen molar-refractivity contribution in [3.63, 3.8) is 0 Å². The molecule has 1 heterocycles. The maximum Gasteiger partial charge on any atom is 0.0815 e. The molecule has 0 amide bonds. The smallest absolute Gasteiger partial charge is 0.0815 e. The summed E-state index contributed by atoms with van der Waals surface area (Å²) >= 11 is 9.66. The molecule has 0 spiro atoms. The lowest BCUT2D eigenvalue weighted by Crippen LogP contribution is -2.21. The molecule has 5 heteroatoms. The van der Waals surface area contributed by atoms with Gasteiger partial charge in [0.15, 0.2) is 0 Å². The van der Waals surface area contributed by atoms with Crippen LogP contribution < -0.4 is 5.32 Å². The van der Waals surface area contributed by atoms with Gasteiger partial charge in [0.25, 0.3) is 0 Å². The molecule has 0 aliphatic rings. The number of hydrogen-bond acceptors (Lipinski definition) is 2. The third-order valence-electron chi connectivity index (χ3n) is 3.05. The van der Waals surface area contributed by atoms with Crippen molar-refractivity contribution in [2.45, 2.75) is 39.9 Å². The van der Waals surface area contributed by atoms with E-state index in [-0.39, 0.29) is 0 Å². The summed E-state index contributed by atoms with van der Waals surface area (Å²) in [7, 11) is 0. The van der Waals surface area contributed by atoms with Crippen LogP contribution in [0, 0.1) is 6.92 Å². The van der Waals surface area contributed by atoms with Crippen molar-refractivity contribution in [2.24, 2.45) is 0 Å². The van der Waals surface area contributed by atoms with E-state index < -0.39 is 0 Å². The van der Waals surface area contributed by atoms with Crippen molar-refractivity contribution >= 4 is 27.5 Å². The molecule has 0 saturated heterocycles. The maximum absolute atomic E-state index is 6.03. The maximum atomic E-state index is 6.03. The summed E-state index contributed by atoms with van der Waals surface area (Å²) in [6.45, 7) is 7.80. The first-order valence-electron chi connectivity index (χ1n) is 6.66. The molecule has 108 valence electrons. The van der Waals surface area contributed by atoms with Gasteiger partial charge >= 0.3 is 0 Å². The summed E-state index contributed by atoms with van der Waals surface area (Å²) in [6.07, 6.45) is 1.86. The fourth-order valence-corrected chi connectivity index (χ4v) is 2.60. The minimum atomic E-state index is 0.489. The molecule has 1 N–H and O–H groups in total. The summed E-state index contributed by atoms with van der Waals surface area (Å²) in [4.78, 5) is 0. The van der Waals surface area contributed by atoms with Gasteiger partial charge < -0.3 is 5.32 Å². The van der Waals surface area contributed by atoms with Gasteiger partial charge in [0.2, 0.25) is 0 Å². The highest BCUT2D eigenvalue weighted by molar-refractivity contribution is 9.10. The van der Waals surface area contributed by atoms with Gasteiger partial charge in [0, 0.05) is 23.3 Å². The van der Waals surface area contributed by atoms with Gasteiger partial charge in [0.05, 0.1) is 17.3 Å². The normalized spacial score (nSPS) is 11.3. The minimum Gasteiger partial charge on any atom is -0.310 e. The van der Waals surface area contributed by atoms with Crippen molar-refractivity contribution in [3.8, 4) is 0 Å². The Balaban J connectivity index is 2.09. The topological polar surface area (TPSA) is 29.9 Å². The zero-order valence-electron chi connectivity index (χ0n) is 12.0. The van der Waals surface area contributed by atoms with Crippen LogP contribution in [-0.2, 0) is 13.1 Å². The third kappa shape index (κ3) is 4.08. The molecule has 2 aromatic rings. The van der Waals surface area contributed by atoms with Gasteiger partial charge in [-0.3, -0.25) is 4.68 Å². The molecule has 1 aromatic carbocycles. The molecular weight excluding hydrogens is 338 g/mol. The quantitative estimate of drug-likeness (QED) is 0.872. The second kappa shape index (κ2) is 6.74. The SMILES string of the molecule is Cc1nn(Cc2ccc(CNC(C)C)cc2Br)cc1Cl. The van der Waals surface area contributed by atoms with Gasteiger partial charge in [0.1, 0.15) is 0 Å². The van der Waals surface area contributed by atoms with Crippen LogP contribution in [0.2, 0.25) is 5.02 Å². The molecule has 0 bridgehead atoms. The third-order valence-corrected chi connectivity index (χ3v) is 4.16. The van der Waals surface area contributed by atoms with E-state index in [2.05, 4.69) is 58.4 Å². The number of aromatic nitrogens is 2. The zero-order valence-corrected chi connectivity index (χ0v) is 14.3. The van der Waals surface area contributed by atoms with Crippen molar-refractivity contribution in [1.82, 2.24) is 15.1 Å². The average Bonchev–Trinajstić information content (AvgIpc) is 2.69. The number of nitrogens with one attached hydrogen (secondary N) is 1. The Morgan fingerprint density at radius 3 is 2.70 bits per heavy atom. The molecule has 0 fully saturated rings. The number of benzene rings is 1. The summed E-state index contributed by atoms with van der Waals surface area (Å²) in [5, 5.41) is 8.50. The number of halogens is 2. The van der Waals surface area contributed by atoms with Gasteiger partial charge in [-0.2, -0.15) is 5.10 Å².